The molecule has 0 heterocycles. The van der Waals surface area contributed by atoms with Crippen molar-refractivity contribution in [3.8, 4) is 0 Å². The van der Waals surface area contributed by atoms with Crippen molar-refractivity contribution in [1.82, 2.24) is 37.2 Å². The predicted molar refractivity (Wildman–Crippen MR) is 181 cm³/mol. The molecular weight excluding hydrogens is 546 g/mol. The van der Waals surface area contributed by atoms with Crippen molar-refractivity contribution >= 4 is 35.8 Å². The van der Waals surface area contributed by atoms with Crippen LogP contribution in [0.1, 0.15) is 105 Å². The largest absolute Gasteiger partial charge is 0.370 e. The molecule has 0 bridgehead atoms. The molecule has 0 aromatic rings. The first-order valence-electron chi connectivity index (χ1n) is 15.8. The maximum atomic E-state index is 7.96. The van der Waals surface area contributed by atoms with Crippen molar-refractivity contribution in [2.24, 2.45) is 23.3 Å². The van der Waals surface area contributed by atoms with Crippen molar-refractivity contribution in [3.63, 3.8) is 0 Å². The average Bonchev–Trinajstić information content (AvgIpc) is 2.94. The average molecular weight is 610 g/mol. The van der Waals surface area contributed by atoms with Crippen molar-refractivity contribution < 1.29 is 0 Å². The van der Waals surface area contributed by atoms with E-state index in [4.69, 9.17) is 43.9 Å². The number of hydrogen-bond donors (Lipinski definition) is 15. The zero-order chi connectivity index (χ0) is 32.9. The Hall–Kier alpha value is -3.78. The number of guanidine groups is 6. The van der Waals surface area contributed by atoms with Crippen LogP contribution >= 0.6 is 0 Å². The first-order valence-corrected chi connectivity index (χ1v) is 15.8. The molecule has 15 heteroatoms. The molecular formula is C28H63N15. The fraction of sp³-hybridized carbons (Fsp3) is 0.786. The van der Waals surface area contributed by atoms with Gasteiger partial charge in [0, 0.05) is 26.2 Å². The summed E-state index contributed by atoms with van der Waals surface area (Å²) in [7, 11) is 0. The molecule has 0 aromatic heterocycles. The van der Waals surface area contributed by atoms with Crippen molar-refractivity contribution in [2.75, 3.05) is 26.2 Å². The van der Waals surface area contributed by atoms with Crippen LogP contribution in [0.25, 0.3) is 0 Å². The summed E-state index contributed by atoms with van der Waals surface area (Å²) in [5, 5.41) is 64.5. The van der Waals surface area contributed by atoms with Gasteiger partial charge in [-0.1, -0.05) is 79.1 Å². The van der Waals surface area contributed by atoms with Crippen LogP contribution in [-0.4, -0.2) is 61.9 Å². The van der Waals surface area contributed by atoms with Gasteiger partial charge in [0.15, 0.2) is 35.8 Å². The number of hydrogen-bond acceptors (Lipinski definition) is 6. The zero-order valence-corrected chi connectivity index (χ0v) is 27.1. The lowest BCUT2D eigenvalue weighted by atomic mass is 9.99. The van der Waals surface area contributed by atoms with Gasteiger partial charge in [0.25, 0.3) is 0 Å². The third-order valence-electron chi connectivity index (χ3n) is 6.70. The quantitative estimate of drug-likeness (QED) is 0.0581. The summed E-state index contributed by atoms with van der Waals surface area (Å²) >= 11 is 0. The highest BCUT2D eigenvalue weighted by Gasteiger charge is 2.08. The van der Waals surface area contributed by atoms with Crippen LogP contribution in [-0.2, 0) is 0 Å². The van der Waals surface area contributed by atoms with Gasteiger partial charge in [-0.05, 0) is 37.5 Å². The molecule has 0 aliphatic rings. The Bertz CT molecular complexity index is 735. The molecule has 0 aromatic carbocycles. The molecule has 0 rings (SSSR count). The van der Waals surface area contributed by atoms with E-state index < -0.39 is 0 Å². The maximum absolute atomic E-state index is 7.96. The van der Waals surface area contributed by atoms with Gasteiger partial charge in [-0.2, -0.15) is 0 Å². The highest BCUT2D eigenvalue weighted by Crippen LogP contribution is 2.11. The van der Waals surface area contributed by atoms with Gasteiger partial charge >= 0.3 is 0 Å². The molecule has 0 saturated heterocycles. The van der Waals surface area contributed by atoms with Crippen LogP contribution in [0.3, 0.4) is 0 Å². The zero-order valence-electron chi connectivity index (χ0n) is 27.1. The van der Waals surface area contributed by atoms with Gasteiger partial charge in [-0.15, -0.1) is 0 Å². The summed E-state index contributed by atoms with van der Waals surface area (Å²) in [6.07, 6.45) is 13.3. The summed E-state index contributed by atoms with van der Waals surface area (Å²) in [5.74, 6) is 1.18. The van der Waals surface area contributed by atoms with Crippen molar-refractivity contribution in [1.29, 1.82) is 32.5 Å². The minimum Gasteiger partial charge on any atom is -0.370 e. The molecule has 250 valence electrons. The Balaban J connectivity index is 0. The number of nitrogens with one attached hydrogen (secondary N) is 13. The second kappa shape index (κ2) is 28.3. The molecule has 0 spiro atoms. The lowest BCUT2D eigenvalue weighted by Gasteiger charge is -2.18. The van der Waals surface area contributed by atoms with E-state index in [0.717, 1.165) is 51.6 Å². The van der Waals surface area contributed by atoms with Crippen LogP contribution in [0.4, 0.5) is 0 Å². The van der Waals surface area contributed by atoms with Gasteiger partial charge in [-0.25, -0.2) is 0 Å². The minimum absolute atomic E-state index is 0.155. The van der Waals surface area contributed by atoms with E-state index in [1.165, 1.54) is 38.5 Å². The highest BCUT2D eigenvalue weighted by atomic mass is 15.2. The number of rotatable bonds is 19. The topological polar surface area (TPSA) is 279 Å². The van der Waals surface area contributed by atoms with Crippen molar-refractivity contribution in [3.05, 3.63) is 0 Å². The summed E-state index contributed by atoms with van der Waals surface area (Å²) in [6.45, 7) is 11.7. The summed E-state index contributed by atoms with van der Waals surface area (Å²) in [5.41, 5.74) is 9.49. The molecule has 0 aliphatic carbocycles. The second-order valence-electron chi connectivity index (χ2n) is 10.6. The summed E-state index contributed by atoms with van der Waals surface area (Å²) in [4.78, 5) is 0. The maximum Gasteiger partial charge on any atom is 0.195 e. The summed E-state index contributed by atoms with van der Waals surface area (Å²) < 4.78 is 0. The molecule has 0 radical (unpaired) electrons. The van der Waals surface area contributed by atoms with Crippen LogP contribution < -0.4 is 48.7 Å². The lowest BCUT2D eigenvalue weighted by Crippen LogP contribution is -2.47. The molecule has 0 fully saturated rings. The summed E-state index contributed by atoms with van der Waals surface area (Å²) in [6, 6.07) is 0. The lowest BCUT2D eigenvalue weighted by molar-refractivity contribution is 0.444. The van der Waals surface area contributed by atoms with E-state index in [1.54, 1.807) is 0 Å². The van der Waals surface area contributed by atoms with Gasteiger partial charge in [0.1, 0.15) is 0 Å². The van der Waals surface area contributed by atoms with Crippen LogP contribution in [0.2, 0.25) is 0 Å². The van der Waals surface area contributed by atoms with Crippen molar-refractivity contribution in [2.45, 2.75) is 105 Å². The van der Waals surface area contributed by atoms with E-state index in [0.29, 0.717) is 24.9 Å². The Morgan fingerprint density at radius 3 is 1.12 bits per heavy atom. The number of nitrogens with two attached hydrogens (primary N) is 2. The Morgan fingerprint density at radius 1 is 0.488 bits per heavy atom. The van der Waals surface area contributed by atoms with E-state index in [9.17, 15) is 0 Å². The van der Waals surface area contributed by atoms with E-state index in [1.807, 2.05) is 5.32 Å². The molecule has 15 nitrogen and oxygen atoms in total. The van der Waals surface area contributed by atoms with E-state index in [-0.39, 0.29) is 35.8 Å². The molecule has 43 heavy (non-hydrogen) atoms. The normalized spacial score (nSPS) is 11.4. The molecule has 2 unspecified atom stereocenters. The van der Waals surface area contributed by atoms with Gasteiger partial charge in [0.05, 0.1) is 0 Å². The van der Waals surface area contributed by atoms with Crippen LogP contribution in [0.5, 0.6) is 0 Å². The Morgan fingerprint density at radius 2 is 0.837 bits per heavy atom. The Labute approximate surface area is 259 Å². The molecule has 0 saturated carbocycles. The predicted octanol–water partition coefficient (Wildman–Crippen LogP) is 2.62. The number of unbranched alkanes of at least 4 members (excludes halogenated alkanes) is 5. The fourth-order valence-corrected chi connectivity index (χ4v) is 3.98. The second-order valence-corrected chi connectivity index (χ2v) is 10.6. The molecule has 17 N–H and O–H groups in total. The third kappa shape index (κ3) is 29.5. The van der Waals surface area contributed by atoms with Gasteiger partial charge in [0.2, 0.25) is 0 Å². The van der Waals surface area contributed by atoms with E-state index >= 15 is 0 Å². The molecule has 0 amide bonds. The smallest absolute Gasteiger partial charge is 0.195 e. The van der Waals surface area contributed by atoms with Gasteiger partial charge < -0.3 is 32.7 Å². The molecule has 0 aliphatic heterocycles. The Kier molecular flexibility index (Phi) is 27.3. The SMILES string of the molecule is CCCCC(CC)CNC(=N)NC(=N)NCCCCCCNC(=N)NC(=N)NCC(CC)CCCC.N=C(N)NC(=N)N. The highest BCUT2D eigenvalue weighted by molar-refractivity contribution is 5.96. The van der Waals surface area contributed by atoms with Crippen LogP contribution in [0.15, 0.2) is 0 Å². The van der Waals surface area contributed by atoms with Crippen LogP contribution in [0, 0.1) is 44.3 Å². The standard InChI is InChI=1S/C26H56N10.C2H7N5/c1-5-9-15-21(7-3)19-33-25(29)35-23(27)31-17-13-11-12-14-18-32-24(28)36-26(30)34-20-22(8-4)16-10-6-2;3-1(4)7-2(5)6/h21-22H,5-20H2,1-4H3,(H5,27,29,31,33,35)(H5,28,30,32,34,36);(H7,3,4,5,6,7). The monoisotopic (exact) mass is 610 g/mol. The first kappa shape index (κ1) is 41.4. The fourth-order valence-electron chi connectivity index (χ4n) is 3.98. The molecule has 2 atom stereocenters. The van der Waals surface area contributed by atoms with Gasteiger partial charge in [-0.3, -0.25) is 48.4 Å². The third-order valence-corrected chi connectivity index (χ3v) is 6.70. The first-order chi connectivity index (χ1) is 20.5. The minimum atomic E-state index is -0.312. The van der Waals surface area contributed by atoms with E-state index in [2.05, 4.69) is 59.6 Å².